The zero-order valence-electron chi connectivity index (χ0n) is 12.8. The van der Waals surface area contributed by atoms with E-state index < -0.39 is 5.91 Å². The second-order valence-corrected chi connectivity index (χ2v) is 7.06. The summed E-state index contributed by atoms with van der Waals surface area (Å²) in [4.78, 5) is 37.6. The first-order valence-electron chi connectivity index (χ1n) is 7.53. The molecule has 0 radical (unpaired) electrons. The standard InChI is InChI=1S/C17H20N2O3/c1-17(2)8-13-12(14(20)9-17)7-15(21)19(13)11-5-3-10(4-6-11)16(18)22/h3-6,12-13H,7-9H2,1-2H3,(H2,18,22). The van der Waals surface area contributed by atoms with Crippen LogP contribution >= 0.6 is 0 Å². The van der Waals surface area contributed by atoms with Crippen molar-refractivity contribution < 1.29 is 14.4 Å². The van der Waals surface area contributed by atoms with E-state index >= 15 is 0 Å². The van der Waals surface area contributed by atoms with E-state index in [-0.39, 0.29) is 35.5 Å². The lowest BCUT2D eigenvalue weighted by Gasteiger charge is -2.39. The average Bonchev–Trinajstić information content (AvgIpc) is 2.74. The molecule has 1 saturated heterocycles. The molecule has 116 valence electrons. The fraction of sp³-hybridized carbons (Fsp3) is 0.471. The lowest BCUT2D eigenvalue weighted by Crippen LogP contribution is -2.45. The van der Waals surface area contributed by atoms with Crippen molar-refractivity contribution in [2.75, 3.05) is 4.90 Å². The summed E-state index contributed by atoms with van der Waals surface area (Å²) in [6, 6.07) is 6.62. The lowest BCUT2D eigenvalue weighted by molar-refractivity contribution is -0.128. The van der Waals surface area contributed by atoms with E-state index in [4.69, 9.17) is 5.73 Å². The Hall–Kier alpha value is -2.17. The first-order chi connectivity index (χ1) is 10.3. The molecule has 2 unspecified atom stereocenters. The summed E-state index contributed by atoms with van der Waals surface area (Å²) in [7, 11) is 0. The van der Waals surface area contributed by atoms with Gasteiger partial charge in [0.25, 0.3) is 0 Å². The van der Waals surface area contributed by atoms with Crippen molar-refractivity contribution in [1.82, 2.24) is 0 Å². The van der Waals surface area contributed by atoms with Crippen molar-refractivity contribution in [1.29, 1.82) is 0 Å². The number of fused-ring (bicyclic) bond motifs is 1. The fourth-order valence-corrected chi connectivity index (χ4v) is 3.71. The van der Waals surface area contributed by atoms with Gasteiger partial charge in [0, 0.05) is 36.1 Å². The van der Waals surface area contributed by atoms with Crippen LogP contribution in [0.2, 0.25) is 0 Å². The zero-order chi connectivity index (χ0) is 16.1. The Morgan fingerprint density at radius 1 is 1.23 bits per heavy atom. The molecule has 1 aromatic rings. The number of Topliss-reactive ketones (excluding diaryl/α,β-unsaturated/α-hetero) is 1. The van der Waals surface area contributed by atoms with Crippen molar-refractivity contribution in [3.8, 4) is 0 Å². The fourth-order valence-electron chi connectivity index (χ4n) is 3.71. The molecule has 2 fully saturated rings. The predicted molar refractivity (Wildman–Crippen MR) is 82.4 cm³/mol. The SMILES string of the molecule is CC1(C)CC(=O)C2CC(=O)N(c3ccc(C(N)=O)cc3)C2C1. The van der Waals surface area contributed by atoms with Crippen LogP contribution in [0.1, 0.15) is 43.5 Å². The van der Waals surface area contributed by atoms with Gasteiger partial charge in [0.2, 0.25) is 11.8 Å². The summed E-state index contributed by atoms with van der Waals surface area (Å²) in [5, 5.41) is 0. The highest BCUT2D eigenvalue weighted by Gasteiger charge is 2.50. The topological polar surface area (TPSA) is 80.5 Å². The van der Waals surface area contributed by atoms with E-state index in [1.54, 1.807) is 29.2 Å². The van der Waals surface area contributed by atoms with Gasteiger partial charge in [0.1, 0.15) is 5.78 Å². The first-order valence-corrected chi connectivity index (χ1v) is 7.53. The summed E-state index contributed by atoms with van der Waals surface area (Å²) < 4.78 is 0. The Morgan fingerprint density at radius 2 is 1.86 bits per heavy atom. The van der Waals surface area contributed by atoms with E-state index in [0.717, 1.165) is 12.1 Å². The summed E-state index contributed by atoms with van der Waals surface area (Å²) in [5.41, 5.74) is 6.29. The van der Waals surface area contributed by atoms with Crippen LogP contribution in [0.3, 0.4) is 0 Å². The summed E-state index contributed by atoms with van der Waals surface area (Å²) in [5.74, 6) is -0.527. The van der Waals surface area contributed by atoms with Crippen LogP contribution in [0.5, 0.6) is 0 Å². The number of hydrogen-bond donors (Lipinski definition) is 1. The number of carbonyl (C=O) groups excluding carboxylic acids is 3. The largest absolute Gasteiger partial charge is 0.366 e. The van der Waals surface area contributed by atoms with Crippen molar-refractivity contribution in [3.63, 3.8) is 0 Å². The van der Waals surface area contributed by atoms with Crippen LogP contribution in [0.15, 0.2) is 24.3 Å². The Labute approximate surface area is 129 Å². The molecule has 1 saturated carbocycles. The Bertz CT molecular complexity index is 648. The predicted octanol–water partition coefficient (Wildman–Crippen LogP) is 1.90. The molecular formula is C17H20N2O3. The molecule has 2 atom stereocenters. The number of amides is 2. The molecule has 1 aliphatic heterocycles. The lowest BCUT2D eigenvalue weighted by atomic mass is 9.70. The van der Waals surface area contributed by atoms with Crippen molar-refractivity contribution in [3.05, 3.63) is 29.8 Å². The van der Waals surface area contributed by atoms with E-state index in [2.05, 4.69) is 13.8 Å². The molecule has 2 N–H and O–H groups in total. The van der Waals surface area contributed by atoms with Gasteiger partial charge in [0.15, 0.2) is 0 Å². The van der Waals surface area contributed by atoms with Gasteiger partial charge in [-0.15, -0.1) is 0 Å². The molecule has 5 nitrogen and oxygen atoms in total. The van der Waals surface area contributed by atoms with Crippen LogP contribution in [-0.2, 0) is 9.59 Å². The Balaban J connectivity index is 1.94. The summed E-state index contributed by atoms with van der Waals surface area (Å²) in [6.07, 6.45) is 1.64. The van der Waals surface area contributed by atoms with E-state index in [0.29, 0.717) is 12.0 Å². The smallest absolute Gasteiger partial charge is 0.248 e. The maximum atomic E-state index is 12.4. The monoisotopic (exact) mass is 300 g/mol. The number of rotatable bonds is 2. The number of primary amides is 1. The quantitative estimate of drug-likeness (QED) is 0.905. The van der Waals surface area contributed by atoms with Crippen LogP contribution in [0.25, 0.3) is 0 Å². The third-order valence-electron chi connectivity index (χ3n) is 4.72. The molecule has 1 aliphatic carbocycles. The zero-order valence-corrected chi connectivity index (χ0v) is 12.8. The highest BCUT2D eigenvalue weighted by atomic mass is 16.2. The minimum absolute atomic E-state index is 0.0205. The molecule has 1 heterocycles. The third kappa shape index (κ3) is 2.40. The van der Waals surface area contributed by atoms with Crippen LogP contribution in [0, 0.1) is 11.3 Å². The molecule has 0 spiro atoms. The normalized spacial score (nSPS) is 26.9. The van der Waals surface area contributed by atoms with Gasteiger partial charge in [-0.05, 0) is 36.1 Å². The second-order valence-electron chi connectivity index (χ2n) is 7.06. The first kappa shape index (κ1) is 14.8. The van der Waals surface area contributed by atoms with Crippen molar-refractivity contribution in [2.45, 2.75) is 39.2 Å². The Kier molecular flexibility index (Phi) is 3.31. The molecule has 22 heavy (non-hydrogen) atoms. The summed E-state index contributed by atoms with van der Waals surface area (Å²) in [6.45, 7) is 4.14. The molecule has 5 heteroatoms. The number of hydrogen-bond acceptors (Lipinski definition) is 3. The van der Waals surface area contributed by atoms with E-state index in [9.17, 15) is 14.4 Å². The van der Waals surface area contributed by atoms with Gasteiger partial charge in [-0.3, -0.25) is 14.4 Å². The molecule has 0 bridgehead atoms. The molecular weight excluding hydrogens is 280 g/mol. The molecule has 2 amide bonds. The maximum absolute atomic E-state index is 12.4. The van der Waals surface area contributed by atoms with Crippen LogP contribution in [0.4, 0.5) is 5.69 Å². The van der Waals surface area contributed by atoms with Crippen molar-refractivity contribution >= 4 is 23.3 Å². The third-order valence-corrected chi connectivity index (χ3v) is 4.72. The van der Waals surface area contributed by atoms with Gasteiger partial charge in [-0.25, -0.2) is 0 Å². The van der Waals surface area contributed by atoms with Gasteiger partial charge in [-0.2, -0.15) is 0 Å². The van der Waals surface area contributed by atoms with Crippen LogP contribution in [-0.4, -0.2) is 23.6 Å². The number of nitrogens with zero attached hydrogens (tertiary/aromatic N) is 1. The van der Waals surface area contributed by atoms with Gasteiger partial charge < -0.3 is 10.6 Å². The van der Waals surface area contributed by atoms with Crippen LogP contribution < -0.4 is 10.6 Å². The van der Waals surface area contributed by atoms with E-state index in [1.807, 2.05) is 0 Å². The number of carbonyl (C=O) groups is 3. The Morgan fingerprint density at radius 3 is 2.45 bits per heavy atom. The number of benzene rings is 1. The minimum Gasteiger partial charge on any atom is -0.366 e. The molecule has 1 aromatic carbocycles. The van der Waals surface area contributed by atoms with Crippen molar-refractivity contribution in [2.24, 2.45) is 17.1 Å². The maximum Gasteiger partial charge on any atom is 0.248 e. The van der Waals surface area contributed by atoms with Gasteiger partial charge in [0.05, 0.1) is 0 Å². The summed E-state index contributed by atoms with van der Waals surface area (Å²) >= 11 is 0. The minimum atomic E-state index is -0.494. The second kappa shape index (κ2) is 4.93. The highest BCUT2D eigenvalue weighted by molar-refractivity contribution is 6.03. The number of anilines is 1. The number of nitrogens with two attached hydrogens (primary N) is 1. The highest BCUT2D eigenvalue weighted by Crippen LogP contribution is 2.44. The molecule has 2 aliphatic rings. The van der Waals surface area contributed by atoms with Gasteiger partial charge >= 0.3 is 0 Å². The average molecular weight is 300 g/mol. The van der Waals surface area contributed by atoms with Gasteiger partial charge in [-0.1, -0.05) is 13.8 Å². The molecule has 0 aromatic heterocycles. The number of ketones is 1. The molecule has 3 rings (SSSR count). The van der Waals surface area contributed by atoms with E-state index in [1.165, 1.54) is 0 Å².